The summed E-state index contributed by atoms with van der Waals surface area (Å²) >= 11 is 0. The van der Waals surface area contributed by atoms with E-state index in [1.165, 1.54) is 0 Å². The molecule has 0 bridgehead atoms. The predicted molar refractivity (Wildman–Crippen MR) is 111 cm³/mol. The molecule has 3 aromatic rings. The second-order valence-corrected chi connectivity index (χ2v) is 7.15. The van der Waals surface area contributed by atoms with Crippen LogP contribution in [0.3, 0.4) is 0 Å². The molecular formula is C23H23N3O4. The third kappa shape index (κ3) is 4.35. The summed E-state index contributed by atoms with van der Waals surface area (Å²) in [5.74, 6) is 0.747. The van der Waals surface area contributed by atoms with E-state index >= 15 is 0 Å². The van der Waals surface area contributed by atoms with E-state index in [4.69, 9.17) is 9.26 Å². The molecule has 1 aliphatic rings. The Morgan fingerprint density at radius 1 is 1.07 bits per heavy atom. The van der Waals surface area contributed by atoms with Crippen molar-refractivity contribution in [2.75, 3.05) is 26.7 Å². The van der Waals surface area contributed by atoms with Crippen LogP contribution in [-0.4, -0.2) is 53.5 Å². The van der Waals surface area contributed by atoms with Crippen molar-refractivity contribution in [2.45, 2.75) is 13.0 Å². The molecule has 0 radical (unpaired) electrons. The first-order chi connectivity index (χ1) is 14.6. The minimum absolute atomic E-state index is 0.0312. The van der Waals surface area contributed by atoms with Crippen molar-refractivity contribution < 1.29 is 18.8 Å². The van der Waals surface area contributed by atoms with E-state index in [0.29, 0.717) is 31.9 Å². The van der Waals surface area contributed by atoms with Crippen LogP contribution in [0.4, 0.5) is 0 Å². The fraction of sp³-hybridized carbons (Fsp3) is 0.261. The average molecular weight is 405 g/mol. The lowest BCUT2D eigenvalue weighted by Gasteiger charge is -2.21. The molecule has 7 nitrogen and oxygen atoms in total. The van der Waals surface area contributed by atoms with Crippen molar-refractivity contribution in [3.63, 3.8) is 0 Å². The first-order valence-corrected chi connectivity index (χ1v) is 9.86. The second kappa shape index (κ2) is 8.82. The van der Waals surface area contributed by atoms with Crippen LogP contribution in [-0.2, 0) is 11.3 Å². The van der Waals surface area contributed by atoms with Gasteiger partial charge in [0.1, 0.15) is 11.4 Å². The summed E-state index contributed by atoms with van der Waals surface area (Å²) in [4.78, 5) is 28.9. The number of hydrogen-bond acceptors (Lipinski definition) is 5. The molecule has 30 heavy (non-hydrogen) atoms. The molecular weight excluding hydrogens is 382 g/mol. The molecule has 0 spiro atoms. The van der Waals surface area contributed by atoms with Gasteiger partial charge in [0.25, 0.3) is 5.91 Å². The molecule has 2 amide bonds. The zero-order valence-corrected chi connectivity index (χ0v) is 16.8. The first kappa shape index (κ1) is 19.7. The second-order valence-electron chi connectivity index (χ2n) is 7.15. The van der Waals surface area contributed by atoms with Crippen molar-refractivity contribution in [3.8, 4) is 17.0 Å². The van der Waals surface area contributed by atoms with Crippen LogP contribution in [0.1, 0.15) is 22.5 Å². The maximum absolute atomic E-state index is 12.9. The Kier molecular flexibility index (Phi) is 5.79. The van der Waals surface area contributed by atoms with Gasteiger partial charge in [0.15, 0.2) is 0 Å². The van der Waals surface area contributed by atoms with Gasteiger partial charge in [-0.1, -0.05) is 47.6 Å². The number of ether oxygens (including phenoxy) is 1. The van der Waals surface area contributed by atoms with Crippen LogP contribution in [0.25, 0.3) is 11.3 Å². The van der Waals surface area contributed by atoms with E-state index in [1.807, 2.05) is 54.6 Å². The van der Waals surface area contributed by atoms with Gasteiger partial charge in [0.2, 0.25) is 11.7 Å². The van der Waals surface area contributed by atoms with Crippen molar-refractivity contribution in [1.82, 2.24) is 15.0 Å². The van der Waals surface area contributed by atoms with Gasteiger partial charge >= 0.3 is 0 Å². The number of benzene rings is 2. The maximum atomic E-state index is 12.9. The topological polar surface area (TPSA) is 75.9 Å². The Hall–Kier alpha value is -3.61. The van der Waals surface area contributed by atoms with Gasteiger partial charge in [-0.05, 0) is 17.7 Å². The highest BCUT2D eigenvalue weighted by molar-refractivity contribution is 5.93. The van der Waals surface area contributed by atoms with Gasteiger partial charge in [0, 0.05) is 44.2 Å². The quantitative estimate of drug-likeness (QED) is 0.651. The molecule has 0 saturated carbocycles. The highest BCUT2D eigenvalue weighted by Crippen LogP contribution is 2.20. The molecule has 1 saturated heterocycles. The number of hydrogen-bond donors (Lipinski definition) is 0. The minimum Gasteiger partial charge on any atom is -0.497 e. The van der Waals surface area contributed by atoms with E-state index in [0.717, 1.165) is 16.9 Å². The first-order valence-electron chi connectivity index (χ1n) is 9.86. The Bertz CT molecular complexity index is 1010. The summed E-state index contributed by atoms with van der Waals surface area (Å²) in [5.41, 5.74) is 2.52. The number of nitrogens with zero attached hydrogens (tertiary/aromatic N) is 3. The standard InChI is InChI=1S/C23H23N3O4/c1-29-19-9-7-17(8-10-19)16-26-14-13-25(12-11-22(26)27)23(28)21-15-20(24-30-21)18-5-3-2-4-6-18/h2-10,15H,11-14,16H2,1H3. The van der Waals surface area contributed by atoms with Gasteiger partial charge in [-0.15, -0.1) is 0 Å². The number of aromatic nitrogens is 1. The molecule has 0 atom stereocenters. The lowest BCUT2D eigenvalue weighted by Crippen LogP contribution is -2.35. The number of carbonyl (C=O) groups is 2. The van der Waals surface area contributed by atoms with Crippen LogP contribution in [0.5, 0.6) is 5.75 Å². The summed E-state index contributed by atoms with van der Waals surface area (Å²) in [7, 11) is 1.62. The Balaban J connectivity index is 1.41. The van der Waals surface area contributed by atoms with E-state index in [9.17, 15) is 9.59 Å². The van der Waals surface area contributed by atoms with Gasteiger partial charge < -0.3 is 19.1 Å². The molecule has 2 heterocycles. The molecule has 2 aromatic carbocycles. The molecule has 0 N–H and O–H groups in total. The smallest absolute Gasteiger partial charge is 0.292 e. The van der Waals surface area contributed by atoms with Crippen molar-refractivity contribution in [3.05, 3.63) is 72.0 Å². The Morgan fingerprint density at radius 3 is 2.57 bits per heavy atom. The van der Waals surface area contributed by atoms with Crippen LogP contribution < -0.4 is 4.74 Å². The minimum atomic E-state index is -0.247. The lowest BCUT2D eigenvalue weighted by molar-refractivity contribution is -0.130. The van der Waals surface area contributed by atoms with Gasteiger partial charge in [-0.2, -0.15) is 0 Å². The number of amides is 2. The highest BCUT2D eigenvalue weighted by Gasteiger charge is 2.27. The molecule has 0 aliphatic carbocycles. The molecule has 1 aromatic heterocycles. The molecule has 4 rings (SSSR count). The fourth-order valence-electron chi connectivity index (χ4n) is 3.47. The van der Waals surface area contributed by atoms with E-state index < -0.39 is 0 Å². The van der Waals surface area contributed by atoms with Gasteiger partial charge in [0.05, 0.1) is 7.11 Å². The zero-order valence-electron chi connectivity index (χ0n) is 16.8. The summed E-state index contributed by atoms with van der Waals surface area (Å²) < 4.78 is 10.5. The SMILES string of the molecule is COc1ccc(CN2CCN(C(=O)c3cc(-c4ccccc4)no3)CCC2=O)cc1. The third-order valence-electron chi connectivity index (χ3n) is 5.20. The van der Waals surface area contributed by atoms with Crippen LogP contribution in [0.15, 0.2) is 65.2 Å². The number of methoxy groups -OCH3 is 1. The molecule has 1 fully saturated rings. The maximum Gasteiger partial charge on any atom is 0.292 e. The van der Waals surface area contributed by atoms with E-state index in [-0.39, 0.29) is 24.0 Å². The summed E-state index contributed by atoms with van der Waals surface area (Å²) in [6, 6.07) is 18.8. The molecule has 1 aliphatic heterocycles. The summed E-state index contributed by atoms with van der Waals surface area (Å²) in [5, 5.41) is 4.02. The van der Waals surface area contributed by atoms with Crippen molar-refractivity contribution >= 4 is 11.8 Å². The van der Waals surface area contributed by atoms with E-state index in [1.54, 1.807) is 23.0 Å². The monoisotopic (exact) mass is 405 g/mol. The van der Waals surface area contributed by atoms with Crippen LogP contribution in [0.2, 0.25) is 0 Å². The Labute approximate surface area is 174 Å². The van der Waals surface area contributed by atoms with Crippen LogP contribution in [0, 0.1) is 0 Å². The Morgan fingerprint density at radius 2 is 1.83 bits per heavy atom. The highest BCUT2D eigenvalue weighted by atomic mass is 16.5. The molecule has 154 valence electrons. The normalized spacial score (nSPS) is 14.5. The lowest BCUT2D eigenvalue weighted by atomic mass is 10.1. The fourth-order valence-corrected chi connectivity index (χ4v) is 3.47. The molecule has 0 unspecified atom stereocenters. The number of carbonyl (C=O) groups excluding carboxylic acids is 2. The van der Waals surface area contributed by atoms with Gasteiger partial charge in [-0.3, -0.25) is 9.59 Å². The van der Waals surface area contributed by atoms with Crippen molar-refractivity contribution in [1.29, 1.82) is 0 Å². The average Bonchev–Trinajstić information content (AvgIpc) is 3.22. The van der Waals surface area contributed by atoms with Crippen LogP contribution >= 0.6 is 0 Å². The molecule has 7 heteroatoms. The summed E-state index contributed by atoms with van der Waals surface area (Å²) in [6.07, 6.45) is 0.279. The number of rotatable bonds is 5. The zero-order chi connectivity index (χ0) is 20.9. The van der Waals surface area contributed by atoms with E-state index in [2.05, 4.69) is 5.16 Å². The van der Waals surface area contributed by atoms with Gasteiger partial charge in [-0.25, -0.2) is 0 Å². The summed E-state index contributed by atoms with van der Waals surface area (Å²) in [6.45, 7) is 1.78. The van der Waals surface area contributed by atoms with Crippen molar-refractivity contribution in [2.24, 2.45) is 0 Å². The predicted octanol–water partition coefficient (Wildman–Crippen LogP) is 3.22. The largest absolute Gasteiger partial charge is 0.497 e. The third-order valence-corrected chi connectivity index (χ3v) is 5.20.